The summed E-state index contributed by atoms with van der Waals surface area (Å²) in [4.78, 5) is 23.4. The van der Waals surface area contributed by atoms with Gasteiger partial charge in [-0.05, 0) is 25.3 Å². The fourth-order valence-corrected chi connectivity index (χ4v) is 1.82. The lowest BCUT2D eigenvalue weighted by atomic mass is 9.86. The number of nitrogens with zero attached hydrogens (tertiary/aromatic N) is 2. The Morgan fingerprint density at radius 1 is 1.47 bits per heavy atom. The van der Waals surface area contributed by atoms with Crippen LogP contribution in [0.3, 0.4) is 0 Å². The minimum Gasteiger partial charge on any atom is -0.480 e. The van der Waals surface area contributed by atoms with Crippen LogP contribution in [0.4, 0.5) is 0 Å². The van der Waals surface area contributed by atoms with Crippen molar-refractivity contribution >= 4 is 11.9 Å². The summed E-state index contributed by atoms with van der Waals surface area (Å²) < 4.78 is 1.56. The van der Waals surface area contributed by atoms with Crippen molar-refractivity contribution in [1.29, 1.82) is 0 Å². The van der Waals surface area contributed by atoms with Crippen LogP contribution in [0.25, 0.3) is 0 Å². The van der Waals surface area contributed by atoms with E-state index >= 15 is 0 Å². The van der Waals surface area contributed by atoms with Crippen LogP contribution in [0.1, 0.15) is 43.9 Å². The molecule has 1 heterocycles. The predicted molar refractivity (Wildman–Crippen MR) is 71.0 cm³/mol. The van der Waals surface area contributed by atoms with Gasteiger partial charge in [-0.1, -0.05) is 20.8 Å². The van der Waals surface area contributed by atoms with E-state index in [0.717, 1.165) is 5.69 Å². The van der Waals surface area contributed by atoms with Crippen molar-refractivity contribution in [2.75, 3.05) is 0 Å². The molecule has 1 rings (SSSR count). The highest BCUT2D eigenvalue weighted by molar-refractivity contribution is 5.95. The van der Waals surface area contributed by atoms with Gasteiger partial charge in [0.25, 0.3) is 5.91 Å². The van der Waals surface area contributed by atoms with Crippen molar-refractivity contribution in [3.63, 3.8) is 0 Å². The first kappa shape index (κ1) is 15.2. The highest BCUT2D eigenvalue weighted by Crippen LogP contribution is 2.20. The van der Waals surface area contributed by atoms with Crippen LogP contribution in [0.2, 0.25) is 0 Å². The van der Waals surface area contributed by atoms with E-state index in [1.54, 1.807) is 38.4 Å². The van der Waals surface area contributed by atoms with Crippen molar-refractivity contribution in [1.82, 2.24) is 15.1 Å². The van der Waals surface area contributed by atoms with E-state index in [9.17, 15) is 14.7 Å². The number of nitrogens with one attached hydrogen (secondary N) is 1. The van der Waals surface area contributed by atoms with Gasteiger partial charge in [0, 0.05) is 6.54 Å². The molecule has 106 valence electrons. The average molecular weight is 267 g/mol. The molecule has 1 aromatic rings. The van der Waals surface area contributed by atoms with E-state index in [0.29, 0.717) is 12.2 Å². The Kier molecular flexibility index (Phi) is 4.34. The maximum atomic E-state index is 12.2. The van der Waals surface area contributed by atoms with E-state index in [1.807, 2.05) is 6.92 Å². The zero-order valence-corrected chi connectivity index (χ0v) is 12.0. The van der Waals surface area contributed by atoms with Gasteiger partial charge in [0.05, 0.1) is 5.69 Å². The molecule has 0 aliphatic carbocycles. The first-order chi connectivity index (χ1) is 8.66. The monoisotopic (exact) mass is 267 g/mol. The molecular formula is C13H21N3O3. The summed E-state index contributed by atoms with van der Waals surface area (Å²) in [5.41, 5.74) is 0.554. The number of rotatable bonds is 4. The lowest BCUT2D eigenvalue weighted by Gasteiger charge is -2.27. The third kappa shape index (κ3) is 3.56. The fraction of sp³-hybridized carbons (Fsp3) is 0.615. The molecular weight excluding hydrogens is 246 g/mol. The number of hydrogen-bond acceptors (Lipinski definition) is 3. The van der Waals surface area contributed by atoms with Crippen molar-refractivity contribution in [2.45, 2.75) is 47.2 Å². The van der Waals surface area contributed by atoms with Crippen LogP contribution in [0.15, 0.2) is 6.07 Å². The second kappa shape index (κ2) is 5.42. The Bertz CT molecular complexity index is 486. The van der Waals surface area contributed by atoms with Gasteiger partial charge in [-0.25, -0.2) is 4.79 Å². The summed E-state index contributed by atoms with van der Waals surface area (Å²) >= 11 is 0. The van der Waals surface area contributed by atoms with E-state index < -0.39 is 23.3 Å². The molecule has 1 atom stereocenters. The summed E-state index contributed by atoms with van der Waals surface area (Å²) in [5, 5.41) is 15.9. The topological polar surface area (TPSA) is 84.2 Å². The lowest BCUT2D eigenvalue weighted by molar-refractivity contribution is -0.142. The molecule has 0 fully saturated rings. The molecule has 0 saturated carbocycles. The summed E-state index contributed by atoms with van der Waals surface area (Å²) in [6, 6.07) is 0.709. The fourth-order valence-electron chi connectivity index (χ4n) is 1.82. The molecule has 2 N–H and O–H groups in total. The largest absolute Gasteiger partial charge is 0.480 e. The van der Waals surface area contributed by atoms with Gasteiger partial charge in [0.1, 0.15) is 11.7 Å². The first-order valence-corrected chi connectivity index (χ1v) is 6.25. The number of carbonyl (C=O) groups excluding carboxylic acids is 1. The molecule has 0 spiro atoms. The minimum atomic E-state index is -1.04. The second-order valence-electron chi connectivity index (χ2n) is 5.60. The highest BCUT2D eigenvalue weighted by Gasteiger charge is 2.33. The van der Waals surface area contributed by atoms with Crippen molar-refractivity contribution in [3.05, 3.63) is 17.5 Å². The number of aryl methyl sites for hydroxylation is 2. The average Bonchev–Trinajstić information content (AvgIpc) is 2.65. The zero-order valence-electron chi connectivity index (χ0n) is 12.0. The SMILES string of the molecule is CCn1nc(C)cc1C(=O)NC(C(=O)O)C(C)(C)C. The number of amides is 1. The van der Waals surface area contributed by atoms with Crippen LogP contribution >= 0.6 is 0 Å². The molecule has 0 radical (unpaired) electrons. The van der Waals surface area contributed by atoms with Crippen molar-refractivity contribution in [2.24, 2.45) is 5.41 Å². The van der Waals surface area contributed by atoms with Gasteiger partial charge in [0.15, 0.2) is 0 Å². The molecule has 0 aliphatic heterocycles. The zero-order chi connectivity index (χ0) is 14.8. The number of aromatic nitrogens is 2. The number of carbonyl (C=O) groups is 2. The molecule has 0 aromatic carbocycles. The highest BCUT2D eigenvalue weighted by atomic mass is 16.4. The third-order valence-corrected chi connectivity index (χ3v) is 2.82. The van der Waals surface area contributed by atoms with Gasteiger partial charge in [-0.15, -0.1) is 0 Å². The molecule has 1 unspecified atom stereocenters. The summed E-state index contributed by atoms with van der Waals surface area (Å²) in [5.74, 6) is -1.45. The Morgan fingerprint density at radius 3 is 2.47 bits per heavy atom. The Hall–Kier alpha value is -1.85. The third-order valence-electron chi connectivity index (χ3n) is 2.82. The smallest absolute Gasteiger partial charge is 0.326 e. The van der Waals surface area contributed by atoms with Gasteiger partial charge >= 0.3 is 5.97 Å². The van der Waals surface area contributed by atoms with Crippen molar-refractivity contribution in [3.8, 4) is 0 Å². The van der Waals surface area contributed by atoms with Crippen LogP contribution < -0.4 is 5.32 Å². The molecule has 6 heteroatoms. The molecule has 1 aromatic heterocycles. The number of carboxylic acids is 1. The molecule has 0 saturated heterocycles. The Balaban J connectivity index is 2.97. The number of aliphatic carboxylic acids is 1. The van der Waals surface area contributed by atoms with Gasteiger partial charge in [-0.2, -0.15) is 5.10 Å². The molecule has 0 aliphatic rings. The number of hydrogen-bond donors (Lipinski definition) is 2. The van der Waals surface area contributed by atoms with Crippen LogP contribution in [-0.2, 0) is 11.3 Å². The van der Waals surface area contributed by atoms with Gasteiger partial charge in [0.2, 0.25) is 0 Å². The minimum absolute atomic E-state index is 0.385. The van der Waals surface area contributed by atoms with Crippen LogP contribution in [-0.4, -0.2) is 32.8 Å². The molecule has 0 bridgehead atoms. The van der Waals surface area contributed by atoms with Gasteiger partial charge < -0.3 is 10.4 Å². The lowest BCUT2D eigenvalue weighted by Crippen LogP contribution is -2.49. The van der Waals surface area contributed by atoms with Crippen LogP contribution in [0, 0.1) is 12.3 Å². The van der Waals surface area contributed by atoms with E-state index in [4.69, 9.17) is 0 Å². The first-order valence-electron chi connectivity index (χ1n) is 6.25. The van der Waals surface area contributed by atoms with Crippen molar-refractivity contribution < 1.29 is 14.7 Å². The molecule has 1 amide bonds. The van der Waals surface area contributed by atoms with Crippen LogP contribution in [0.5, 0.6) is 0 Å². The Labute approximate surface area is 112 Å². The number of carboxylic acid groups (broad SMARTS) is 1. The van der Waals surface area contributed by atoms with Gasteiger partial charge in [-0.3, -0.25) is 9.48 Å². The Morgan fingerprint density at radius 2 is 2.05 bits per heavy atom. The summed E-state index contributed by atoms with van der Waals surface area (Å²) in [6.07, 6.45) is 0. The quantitative estimate of drug-likeness (QED) is 0.864. The predicted octanol–water partition coefficient (Wildman–Crippen LogP) is 1.44. The standard InChI is InChI=1S/C13H21N3O3/c1-6-16-9(7-8(2)15-16)11(17)14-10(12(18)19)13(3,4)5/h7,10H,6H2,1-5H3,(H,14,17)(H,18,19). The maximum absolute atomic E-state index is 12.2. The summed E-state index contributed by atoms with van der Waals surface area (Å²) in [6.45, 7) is 9.55. The maximum Gasteiger partial charge on any atom is 0.326 e. The second-order valence-corrected chi connectivity index (χ2v) is 5.60. The van der Waals surface area contributed by atoms with E-state index in [1.165, 1.54) is 0 Å². The summed E-state index contributed by atoms with van der Waals surface area (Å²) in [7, 11) is 0. The molecule has 6 nitrogen and oxygen atoms in total. The van der Waals surface area contributed by atoms with E-state index in [-0.39, 0.29) is 0 Å². The molecule has 19 heavy (non-hydrogen) atoms. The normalized spacial score (nSPS) is 13.1. The van der Waals surface area contributed by atoms with E-state index in [2.05, 4.69) is 10.4 Å².